The average Bonchev–Trinajstić information content (AvgIpc) is 2.77. The minimum Gasteiger partial charge on any atom is -0.482 e. The van der Waals surface area contributed by atoms with Crippen molar-refractivity contribution in [2.24, 2.45) is 5.92 Å². The summed E-state index contributed by atoms with van der Waals surface area (Å²) in [5.41, 5.74) is 1.74. The van der Waals surface area contributed by atoms with Gasteiger partial charge < -0.3 is 20.1 Å². The van der Waals surface area contributed by atoms with Crippen molar-refractivity contribution in [1.29, 1.82) is 0 Å². The third-order valence-corrected chi connectivity index (χ3v) is 6.27. The van der Waals surface area contributed by atoms with E-state index in [-0.39, 0.29) is 17.6 Å². The highest BCUT2D eigenvalue weighted by Gasteiger charge is 2.29. The van der Waals surface area contributed by atoms with Gasteiger partial charge in [-0.25, -0.2) is 14.8 Å². The number of amides is 1. The first kappa shape index (κ1) is 20.5. The number of nitrogens with one attached hydrogen (secondary N) is 1. The molecule has 2 fully saturated rings. The van der Waals surface area contributed by atoms with E-state index in [1.54, 1.807) is 13.3 Å². The first-order chi connectivity index (χ1) is 14.5. The van der Waals surface area contributed by atoms with Gasteiger partial charge >= 0.3 is 6.09 Å². The van der Waals surface area contributed by atoms with Crippen molar-refractivity contribution in [1.82, 2.24) is 20.2 Å². The van der Waals surface area contributed by atoms with E-state index >= 15 is 0 Å². The zero-order chi connectivity index (χ0) is 21.1. The first-order valence-corrected chi connectivity index (χ1v) is 10.6. The molecular formula is C22H28N4O4. The summed E-state index contributed by atoms with van der Waals surface area (Å²) in [6.45, 7) is 4.45. The van der Waals surface area contributed by atoms with Crippen LogP contribution in [-0.2, 0) is 4.79 Å². The van der Waals surface area contributed by atoms with Gasteiger partial charge in [-0.3, -0.25) is 4.79 Å². The number of hydrogen-bond acceptors (Lipinski definition) is 6. The van der Waals surface area contributed by atoms with Crippen LogP contribution in [0.2, 0.25) is 0 Å². The number of aromatic nitrogens is 2. The van der Waals surface area contributed by atoms with Crippen molar-refractivity contribution in [2.75, 3.05) is 26.2 Å². The number of carbonyl (C=O) groups is 2. The number of benzene rings is 1. The number of fused-ring (bicyclic) bond motifs is 1. The van der Waals surface area contributed by atoms with Gasteiger partial charge in [-0.15, -0.1) is 0 Å². The van der Waals surface area contributed by atoms with Gasteiger partial charge in [0.25, 0.3) is 0 Å². The molecule has 0 saturated carbocycles. The smallest absolute Gasteiger partial charge is 0.407 e. The fourth-order valence-corrected chi connectivity index (χ4v) is 4.61. The van der Waals surface area contributed by atoms with Gasteiger partial charge in [-0.05, 0) is 57.8 Å². The molecule has 8 heteroatoms. The van der Waals surface area contributed by atoms with Crippen LogP contribution in [0.5, 0.6) is 5.75 Å². The number of likely N-dealkylation sites (tertiary alicyclic amines) is 1. The van der Waals surface area contributed by atoms with E-state index in [2.05, 4.69) is 15.3 Å². The van der Waals surface area contributed by atoms with Gasteiger partial charge in [0.2, 0.25) is 0 Å². The number of Topliss-reactive ketones (excluding diaryl/α,β-unsaturated/α-hetero) is 1. The Bertz CT molecular complexity index is 920. The summed E-state index contributed by atoms with van der Waals surface area (Å²) < 4.78 is 6.14. The number of rotatable bonds is 5. The standard InChI is InChI=1S/C22H28N4O4/c1-14(27)21(16-4-8-23-9-5-16)30-17-2-3-18-19(12-17)24-13-25-20(18)15-6-10-26(11-7-15)22(28)29/h2-3,12-13,15-16,21,23H,4-11H2,1H3,(H,28,29). The Hall–Kier alpha value is -2.74. The minimum absolute atomic E-state index is 0.0514. The van der Waals surface area contributed by atoms with Crippen LogP contribution in [0, 0.1) is 5.92 Å². The highest BCUT2D eigenvalue weighted by Crippen LogP contribution is 2.33. The van der Waals surface area contributed by atoms with Crippen LogP contribution in [0.1, 0.15) is 44.2 Å². The maximum Gasteiger partial charge on any atom is 0.407 e. The van der Waals surface area contributed by atoms with E-state index in [0.717, 1.165) is 55.4 Å². The normalized spacial score (nSPS) is 19.6. The zero-order valence-electron chi connectivity index (χ0n) is 17.2. The monoisotopic (exact) mass is 412 g/mol. The largest absolute Gasteiger partial charge is 0.482 e. The fourth-order valence-electron chi connectivity index (χ4n) is 4.61. The molecule has 1 aromatic heterocycles. The molecule has 0 aliphatic carbocycles. The van der Waals surface area contributed by atoms with Gasteiger partial charge in [0, 0.05) is 36.4 Å². The molecule has 0 radical (unpaired) electrons. The molecule has 8 nitrogen and oxygen atoms in total. The lowest BCUT2D eigenvalue weighted by atomic mass is 9.90. The summed E-state index contributed by atoms with van der Waals surface area (Å²) >= 11 is 0. The molecule has 30 heavy (non-hydrogen) atoms. The lowest BCUT2D eigenvalue weighted by molar-refractivity contribution is -0.126. The van der Waals surface area contributed by atoms with Gasteiger partial charge in [-0.1, -0.05) is 0 Å². The van der Waals surface area contributed by atoms with Crippen LogP contribution >= 0.6 is 0 Å². The van der Waals surface area contributed by atoms with Crippen molar-refractivity contribution in [3.05, 3.63) is 30.2 Å². The Morgan fingerprint density at radius 2 is 1.90 bits per heavy atom. The van der Waals surface area contributed by atoms with E-state index < -0.39 is 12.2 Å². The summed E-state index contributed by atoms with van der Waals surface area (Å²) in [5.74, 6) is 1.12. The fraction of sp³-hybridized carbons (Fsp3) is 0.545. The van der Waals surface area contributed by atoms with Crippen molar-refractivity contribution in [2.45, 2.75) is 44.6 Å². The topological polar surface area (TPSA) is 105 Å². The second kappa shape index (κ2) is 8.95. The molecule has 1 aromatic carbocycles. The summed E-state index contributed by atoms with van der Waals surface area (Å²) in [7, 11) is 0. The third-order valence-electron chi connectivity index (χ3n) is 6.27. The maximum atomic E-state index is 12.2. The summed E-state index contributed by atoms with van der Waals surface area (Å²) in [6, 6.07) is 5.73. The summed E-state index contributed by atoms with van der Waals surface area (Å²) in [6.07, 6.45) is 3.61. The van der Waals surface area contributed by atoms with E-state index in [4.69, 9.17) is 9.84 Å². The van der Waals surface area contributed by atoms with Gasteiger partial charge in [0.05, 0.1) is 11.2 Å². The molecule has 2 saturated heterocycles. The predicted molar refractivity (Wildman–Crippen MR) is 112 cm³/mol. The summed E-state index contributed by atoms with van der Waals surface area (Å²) in [5, 5.41) is 13.4. The van der Waals surface area contributed by atoms with Gasteiger partial charge in [0.1, 0.15) is 12.1 Å². The van der Waals surface area contributed by atoms with E-state index in [1.807, 2.05) is 18.2 Å². The number of piperidine rings is 2. The quantitative estimate of drug-likeness (QED) is 0.778. The number of ketones is 1. The Morgan fingerprint density at radius 1 is 1.17 bits per heavy atom. The van der Waals surface area contributed by atoms with Crippen LogP contribution in [0.25, 0.3) is 10.9 Å². The molecule has 1 amide bonds. The Balaban J connectivity index is 1.53. The molecule has 2 aliphatic heterocycles. The molecule has 2 aromatic rings. The van der Waals surface area contributed by atoms with Crippen molar-refractivity contribution >= 4 is 22.8 Å². The highest BCUT2D eigenvalue weighted by atomic mass is 16.5. The van der Waals surface area contributed by atoms with Crippen molar-refractivity contribution < 1.29 is 19.4 Å². The SMILES string of the molecule is CC(=O)C(Oc1ccc2c(C3CCN(C(=O)O)CC3)ncnc2c1)C1CCNCC1. The summed E-state index contributed by atoms with van der Waals surface area (Å²) in [4.78, 5) is 33.8. The van der Waals surface area contributed by atoms with E-state index in [0.29, 0.717) is 18.8 Å². The number of carbonyl (C=O) groups excluding carboxylic acids is 1. The third kappa shape index (κ3) is 4.38. The lowest BCUT2D eigenvalue weighted by Crippen LogP contribution is -2.40. The second-order valence-corrected chi connectivity index (χ2v) is 8.22. The molecule has 160 valence electrons. The van der Waals surface area contributed by atoms with Crippen LogP contribution in [0.3, 0.4) is 0 Å². The van der Waals surface area contributed by atoms with Gasteiger partial charge in [-0.2, -0.15) is 0 Å². The number of nitrogens with zero attached hydrogens (tertiary/aromatic N) is 3. The molecule has 4 rings (SSSR count). The van der Waals surface area contributed by atoms with Gasteiger partial charge in [0.15, 0.2) is 11.9 Å². The highest BCUT2D eigenvalue weighted by molar-refractivity contribution is 5.84. The molecule has 3 heterocycles. The molecule has 1 unspecified atom stereocenters. The van der Waals surface area contributed by atoms with Crippen molar-refractivity contribution in [3.8, 4) is 5.75 Å². The Morgan fingerprint density at radius 3 is 2.57 bits per heavy atom. The lowest BCUT2D eigenvalue weighted by Gasteiger charge is -2.30. The predicted octanol–water partition coefficient (Wildman–Crippen LogP) is 2.82. The number of ether oxygens (including phenoxy) is 1. The molecule has 0 bridgehead atoms. The van der Waals surface area contributed by atoms with E-state index in [1.165, 1.54) is 4.90 Å². The maximum absolute atomic E-state index is 12.2. The van der Waals surface area contributed by atoms with Crippen LogP contribution in [0.4, 0.5) is 4.79 Å². The second-order valence-electron chi connectivity index (χ2n) is 8.22. The first-order valence-electron chi connectivity index (χ1n) is 10.6. The van der Waals surface area contributed by atoms with Crippen LogP contribution < -0.4 is 10.1 Å². The molecule has 0 spiro atoms. The van der Waals surface area contributed by atoms with Crippen LogP contribution in [0.15, 0.2) is 24.5 Å². The molecule has 2 N–H and O–H groups in total. The van der Waals surface area contributed by atoms with Crippen LogP contribution in [-0.4, -0.2) is 64.1 Å². The molecular weight excluding hydrogens is 384 g/mol. The zero-order valence-corrected chi connectivity index (χ0v) is 17.2. The number of hydrogen-bond donors (Lipinski definition) is 2. The Kier molecular flexibility index (Phi) is 6.13. The van der Waals surface area contributed by atoms with Crippen molar-refractivity contribution in [3.63, 3.8) is 0 Å². The average molecular weight is 412 g/mol. The van der Waals surface area contributed by atoms with E-state index in [9.17, 15) is 9.59 Å². The Labute approximate surface area is 175 Å². The molecule has 2 aliphatic rings. The number of carboxylic acid groups (broad SMARTS) is 1. The molecule has 1 atom stereocenters. The minimum atomic E-state index is -0.864.